The summed E-state index contributed by atoms with van der Waals surface area (Å²) < 4.78 is 36.0. The number of nitro benzene ring substituents is 1. The largest absolute Gasteiger partial charge is 0.493 e. The highest BCUT2D eigenvalue weighted by molar-refractivity contribution is 14.1. The smallest absolute Gasteiger partial charge is 0.339 e. The Labute approximate surface area is 188 Å². The topological polar surface area (TPSA) is 142 Å². The van der Waals surface area contributed by atoms with Crippen LogP contribution in [0, 0.1) is 13.7 Å². The van der Waals surface area contributed by atoms with Crippen LogP contribution < -0.4 is 14.2 Å². The molecular formula is C17H11IN2O8S2. The second-order valence-corrected chi connectivity index (χ2v) is 9.40. The summed E-state index contributed by atoms with van der Waals surface area (Å²) >= 11 is 2.59. The number of methoxy groups -OCH3 is 1. The third-order valence-electron chi connectivity index (χ3n) is 3.72. The molecule has 0 aromatic heterocycles. The maximum atomic E-state index is 12.6. The van der Waals surface area contributed by atoms with Gasteiger partial charge in [-0.2, -0.15) is 8.42 Å². The molecule has 10 nitrogen and oxygen atoms in total. The van der Waals surface area contributed by atoms with E-state index < -0.39 is 26.2 Å². The zero-order valence-corrected chi connectivity index (χ0v) is 18.7. The molecule has 1 heterocycles. The van der Waals surface area contributed by atoms with E-state index in [1.54, 1.807) is 6.07 Å². The summed E-state index contributed by atoms with van der Waals surface area (Å²) in [7, 11) is -2.98. The Bertz CT molecular complexity index is 1190. The predicted octanol–water partition coefficient (Wildman–Crippen LogP) is 3.30. The molecule has 0 radical (unpaired) electrons. The van der Waals surface area contributed by atoms with E-state index in [1.807, 2.05) is 22.6 Å². The zero-order chi connectivity index (χ0) is 22.1. The number of carbonyl (C=O) groups excluding carboxylic acids is 2. The van der Waals surface area contributed by atoms with Gasteiger partial charge < -0.3 is 8.92 Å². The van der Waals surface area contributed by atoms with Crippen LogP contribution in [0.3, 0.4) is 0 Å². The van der Waals surface area contributed by atoms with Gasteiger partial charge in [0.25, 0.3) is 16.8 Å². The molecule has 0 atom stereocenters. The van der Waals surface area contributed by atoms with E-state index in [4.69, 9.17) is 8.92 Å². The second kappa shape index (κ2) is 8.61. The van der Waals surface area contributed by atoms with E-state index in [-0.39, 0.29) is 27.0 Å². The van der Waals surface area contributed by atoms with E-state index in [1.165, 1.54) is 19.3 Å². The molecule has 2 amide bonds. The number of halogens is 1. The van der Waals surface area contributed by atoms with Crippen molar-refractivity contribution in [3.63, 3.8) is 0 Å². The van der Waals surface area contributed by atoms with Gasteiger partial charge in [-0.3, -0.25) is 25.0 Å². The molecule has 0 unspecified atom stereocenters. The molecule has 156 valence electrons. The molecule has 1 saturated heterocycles. The first-order chi connectivity index (χ1) is 14.1. The van der Waals surface area contributed by atoms with E-state index >= 15 is 0 Å². The van der Waals surface area contributed by atoms with Crippen molar-refractivity contribution in [3.05, 3.63) is 60.6 Å². The normalized spacial score (nSPS) is 15.2. The molecule has 1 N–H and O–H groups in total. The lowest BCUT2D eigenvalue weighted by atomic mass is 10.2. The van der Waals surface area contributed by atoms with E-state index in [0.29, 0.717) is 9.13 Å². The number of benzene rings is 2. The molecule has 1 fully saturated rings. The maximum absolute atomic E-state index is 12.6. The number of amides is 2. The number of nitrogens with one attached hydrogen (secondary N) is 1. The minimum atomic E-state index is -4.30. The molecule has 2 aromatic carbocycles. The molecule has 0 aliphatic carbocycles. The Hall–Kier alpha value is -2.65. The summed E-state index contributed by atoms with van der Waals surface area (Å²) in [5.74, 6) is -0.535. The number of rotatable bonds is 6. The number of carbonyl (C=O) groups is 2. The fraction of sp³-hybridized carbons (Fsp3) is 0.0588. The first-order valence-electron chi connectivity index (χ1n) is 7.92. The predicted molar refractivity (Wildman–Crippen MR) is 116 cm³/mol. The second-order valence-electron chi connectivity index (χ2n) is 5.67. The molecule has 1 aliphatic rings. The number of nitrogens with zero attached hydrogens (tertiary/aromatic N) is 1. The summed E-state index contributed by atoms with van der Waals surface area (Å²) in [6.07, 6.45) is 1.46. The third-order valence-corrected chi connectivity index (χ3v) is 6.57. The highest BCUT2D eigenvalue weighted by Gasteiger charge is 2.26. The molecule has 3 rings (SSSR count). The van der Waals surface area contributed by atoms with Crippen molar-refractivity contribution >= 4 is 67.4 Å². The Kier molecular flexibility index (Phi) is 6.33. The Morgan fingerprint density at radius 1 is 1.20 bits per heavy atom. The van der Waals surface area contributed by atoms with Crippen molar-refractivity contribution in [3.8, 4) is 11.5 Å². The number of nitro groups is 1. The number of hydrogen-bond donors (Lipinski definition) is 1. The van der Waals surface area contributed by atoms with Crippen LogP contribution in [-0.2, 0) is 14.9 Å². The van der Waals surface area contributed by atoms with Crippen LogP contribution >= 0.6 is 34.4 Å². The van der Waals surface area contributed by atoms with Crippen molar-refractivity contribution in [2.45, 2.75) is 4.90 Å². The van der Waals surface area contributed by atoms with Crippen LogP contribution in [0.5, 0.6) is 11.5 Å². The lowest BCUT2D eigenvalue weighted by Gasteiger charge is -2.13. The third kappa shape index (κ3) is 4.73. The van der Waals surface area contributed by atoms with Crippen LogP contribution in [0.25, 0.3) is 6.08 Å². The Morgan fingerprint density at radius 3 is 2.40 bits per heavy atom. The van der Waals surface area contributed by atoms with E-state index in [2.05, 4.69) is 5.32 Å². The Balaban J connectivity index is 1.94. The minimum Gasteiger partial charge on any atom is -0.493 e. The van der Waals surface area contributed by atoms with Gasteiger partial charge >= 0.3 is 10.1 Å². The fourth-order valence-electron chi connectivity index (χ4n) is 2.37. The molecule has 13 heteroatoms. The van der Waals surface area contributed by atoms with Gasteiger partial charge in [-0.15, -0.1) is 0 Å². The molecule has 0 bridgehead atoms. The van der Waals surface area contributed by atoms with Crippen molar-refractivity contribution in [2.24, 2.45) is 0 Å². The number of hydrogen-bond acceptors (Lipinski definition) is 9. The first kappa shape index (κ1) is 22.0. The number of imide groups is 1. The number of thioether (sulfide) groups is 1. The van der Waals surface area contributed by atoms with Gasteiger partial charge in [-0.1, -0.05) is 0 Å². The SMILES string of the molecule is COc1cc(/C=C2\SC(=O)NC2=O)cc(I)c1OS(=O)(=O)c1ccc([N+](=O)[O-])cc1. The van der Waals surface area contributed by atoms with Gasteiger partial charge in [0.1, 0.15) is 4.90 Å². The van der Waals surface area contributed by atoms with Gasteiger partial charge in [-0.25, -0.2) is 0 Å². The molecular weight excluding hydrogens is 551 g/mol. The average Bonchev–Trinajstić information content (AvgIpc) is 3.00. The summed E-state index contributed by atoms with van der Waals surface area (Å²) in [6.45, 7) is 0. The van der Waals surface area contributed by atoms with Gasteiger partial charge in [-0.05, 0) is 70.3 Å². The van der Waals surface area contributed by atoms with E-state index in [0.717, 1.165) is 36.0 Å². The van der Waals surface area contributed by atoms with Crippen LogP contribution in [-0.4, -0.2) is 31.6 Å². The summed E-state index contributed by atoms with van der Waals surface area (Å²) in [4.78, 5) is 33.0. The fourth-order valence-corrected chi connectivity index (χ4v) is 4.89. The lowest BCUT2D eigenvalue weighted by molar-refractivity contribution is -0.384. The minimum absolute atomic E-state index is 0.0777. The summed E-state index contributed by atoms with van der Waals surface area (Å²) in [5.41, 5.74) is 0.231. The zero-order valence-electron chi connectivity index (χ0n) is 14.9. The number of ether oxygens (including phenoxy) is 1. The van der Waals surface area contributed by atoms with Gasteiger partial charge in [0.05, 0.1) is 20.5 Å². The monoisotopic (exact) mass is 562 g/mol. The van der Waals surface area contributed by atoms with Gasteiger partial charge in [0, 0.05) is 12.1 Å². The van der Waals surface area contributed by atoms with Crippen LogP contribution in [0.15, 0.2) is 46.2 Å². The van der Waals surface area contributed by atoms with Gasteiger partial charge in [0.2, 0.25) is 0 Å². The lowest BCUT2D eigenvalue weighted by Crippen LogP contribution is -2.17. The highest BCUT2D eigenvalue weighted by Crippen LogP contribution is 2.37. The van der Waals surface area contributed by atoms with Crippen LogP contribution in [0.4, 0.5) is 10.5 Å². The standard InChI is InChI=1S/C17H11IN2O8S2/c1-27-13-7-9(8-14-16(21)19-17(22)29-14)6-12(18)15(13)28-30(25,26)11-4-2-10(3-5-11)20(23)24/h2-8H,1H3,(H,19,21,22)/b14-8-. The average molecular weight is 562 g/mol. The molecule has 1 aliphatic heterocycles. The number of non-ortho nitro benzene ring substituents is 1. The first-order valence-corrected chi connectivity index (χ1v) is 11.2. The molecule has 30 heavy (non-hydrogen) atoms. The van der Waals surface area contributed by atoms with Crippen molar-refractivity contribution in [2.75, 3.05) is 7.11 Å². The van der Waals surface area contributed by atoms with Crippen molar-refractivity contribution in [1.82, 2.24) is 5.32 Å². The highest BCUT2D eigenvalue weighted by atomic mass is 127. The van der Waals surface area contributed by atoms with Crippen molar-refractivity contribution < 1.29 is 31.9 Å². The summed E-state index contributed by atoms with van der Waals surface area (Å²) in [5, 5.41) is 12.4. The van der Waals surface area contributed by atoms with Crippen LogP contribution in [0.2, 0.25) is 0 Å². The Morgan fingerprint density at radius 2 is 1.87 bits per heavy atom. The molecule has 2 aromatic rings. The maximum Gasteiger partial charge on any atom is 0.339 e. The van der Waals surface area contributed by atoms with Crippen molar-refractivity contribution in [1.29, 1.82) is 0 Å². The quantitative estimate of drug-likeness (QED) is 0.185. The van der Waals surface area contributed by atoms with Gasteiger partial charge in [0.15, 0.2) is 11.5 Å². The van der Waals surface area contributed by atoms with E-state index in [9.17, 15) is 28.1 Å². The molecule has 0 saturated carbocycles. The molecule has 0 spiro atoms. The van der Waals surface area contributed by atoms with Crippen LogP contribution in [0.1, 0.15) is 5.56 Å². The summed E-state index contributed by atoms with van der Waals surface area (Å²) in [6, 6.07) is 7.25.